The van der Waals surface area contributed by atoms with Gasteiger partial charge in [0, 0.05) is 11.2 Å². The Bertz CT molecular complexity index is 431. The Hall–Kier alpha value is -1.05. The average molecular weight is 242 g/mol. The monoisotopic (exact) mass is 242 g/mol. The molecule has 4 aliphatic rings. The van der Waals surface area contributed by atoms with Gasteiger partial charge in [0.05, 0.1) is 0 Å². The highest BCUT2D eigenvalue weighted by Crippen LogP contribution is 2.56. The first kappa shape index (κ1) is 10.8. The first-order valence-corrected chi connectivity index (χ1v) is 7.43. The Balaban J connectivity index is 1.60. The van der Waals surface area contributed by atoms with E-state index in [1.54, 1.807) is 0 Å². The fourth-order valence-electron chi connectivity index (χ4n) is 5.15. The zero-order valence-electron chi connectivity index (χ0n) is 11.2. The standard InChI is InChI=1S/C16H22N2/c1-11-3-2-4-15(17-11)18-16-8-12-5-13(9-16)7-14(6-12)10-16/h2-4,12-14H,5-10H2,1H3,(H,17,18). The molecule has 4 fully saturated rings. The summed E-state index contributed by atoms with van der Waals surface area (Å²) in [4.78, 5) is 4.64. The van der Waals surface area contributed by atoms with Crippen molar-refractivity contribution in [1.29, 1.82) is 0 Å². The molecule has 2 heteroatoms. The predicted octanol–water partition coefficient (Wildman–Crippen LogP) is 3.77. The lowest BCUT2D eigenvalue weighted by molar-refractivity contribution is 0.0105. The van der Waals surface area contributed by atoms with E-state index in [1.165, 1.54) is 38.5 Å². The van der Waals surface area contributed by atoms with E-state index in [2.05, 4.69) is 35.4 Å². The summed E-state index contributed by atoms with van der Waals surface area (Å²) in [5.41, 5.74) is 1.50. The van der Waals surface area contributed by atoms with Crippen LogP contribution in [0, 0.1) is 24.7 Å². The minimum atomic E-state index is 0.384. The minimum Gasteiger partial charge on any atom is -0.365 e. The molecule has 0 saturated heterocycles. The molecule has 4 bridgehead atoms. The summed E-state index contributed by atoms with van der Waals surface area (Å²) < 4.78 is 0. The van der Waals surface area contributed by atoms with Gasteiger partial charge in [0.2, 0.25) is 0 Å². The number of nitrogens with zero attached hydrogens (tertiary/aromatic N) is 1. The Labute approximate surface area is 109 Å². The highest BCUT2D eigenvalue weighted by Gasteiger charge is 2.50. The maximum absolute atomic E-state index is 4.64. The lowest BCUT2D eigenvalue weighted by Crippen LogP contribution is -2.54. The maximum Gasteiger partial charge on any atom is 0.126 e. The number of hydrogen-bond acceptors (Lipinski definition) is 2. The second-order valence-electron chi connectivity index (χ2n) is 6.99. The molecule has 4 aliphatic carbocycles. The average Bonchev–Trinajstić information content (AvgIpc) is 2.25. The van der Waals surface area contributed by atoms with Gasteiger partial charge in [0.15, 0.2) is 0 Å². The lowest BCUT2D eigenvalue weighted by Gasteiger charge is -2.57. The van der Waals surface area contributed by atoms with Gasteiger partial charge in [-0.05, 0) is 75.3 Å². The van der Waals surface area contributed by atoms with Gasteiger partial charge in [-0.25, -0.2) is 4.98 Å². The van der Waals surface area contributed by atoms with Crippen LogP contribution in [0.5, 0.6) is 0 Å². The molecule has 5 rings (SSSR count). The fourth-order valence-corrected chi connectivity index (χ4v) is 5.15. The van der Waals surface area contributed by atoms with E-state index in [0.29, 0.717) is 5.54 Å². The third-order valence-corrected chi connectivity index (χ3v) is 5.32. The van der Waals surface area contributed by atoms with E-state index in [0.717, 1.165) is 29.3 Å². The van der Waals surface area contributed by atoms with E-state index in [4.69, 9.17) is 0 Å². The zero-order valence-corrected chi connectivity index (χ0v) is 11.2. The number of aryl methyl sites for hydroxylation is 1. The molecule has 0 unspecified atom stereocenters. The number of rotatable bonds is 2. The topological polar surface area (TPSA) is 24.9 Å². The van der Waals surface area contributed by atoms with E-state index >= 15 is 0 Å². The molecule has 1 aromatic rings. The molecular weight excluding hydrogens is 220 g/mol. The molecule has 0 aromatic carbocycles. The summed E-state index contributed by atoms with van der Waals surface area (Å²) in [6, 6.07) is 6.32. The summed E-state index contributed by atoms with van der Waals surface area (Å²) in [5, 5.41) is 3.82. The molecule has 1 heterocycles. The van der Waals surface area contributed by atoms with Crippen molar-refractivity contribution in [1.82, 2.24) is 4.98 Å². The molecule has 0 radical (unpaired) electrons. The summed E-state index contributed by atoms with van der Waals surface area (Å²) in [7, 11) is 0. The van der Waals surface area contributed by atoms with Crippen LogP contribution >= 0.6 is 0 Å². The van der Waals surface area contributed by atoms with Gasteiger partial charge < -0.3 is 5.32 Å². The van der Waals surface area contributed by atoms with E-state index in [1.807, 2.05) is 0 Å². The van der Waals surface area contributed by atoms with Crippen LogP contribution in [0.15, 0.2) is 18.2 Å². The van der Waals surface area contributed by atoms with Crippen molar-refractivity contribution in [3.63, 3.8) is 0 Å². The van der Waals surface area contributed by atoms with Crippen LogP contribution in [0.3, 0.4) is 0 Å². The normalized spacial score (nSPS) is 41.1. The zero-order chi connectivity index (χ0) is 12.2. The molecule has 1 aromatic heterocycles. The van der Waals surface area contributed by atoms with Gasteiger partial charge in [-0.1, -0.05) is 6.07 Å². The van der Waals surface area contributed by atoms with E-state index in [9.17, 15) is 0 Å². The number of anilines is 1. The third kappa shape index (κ3) is 1.73. The molecule has 2 nitrogen and oxygen atoms in total. The van der Waals surface area contributed by atoms with Gasteiger partial charge in [-0.3, -0.25) is 0 Å². The van der Waals surface area contributed by atoms with Crippen LogP contribution in [-0.4, -0.2) is 10.5 Å². The van der Waals surface area contributed by atoms with Gasteiger partial charge in [-0.15, -0.1) is 0 Å². The van der Waals surface area contributed by atoms with Gasteiger partial charge in [-0.2, -0.15) is 0 Å². The Morgan fingerprint density at radius 2 is 1.67 bits per heavy atom. The first-order valence-electron chi connectivity index (χ1n) is 7.43. The van der Waals surface area contributed by atoms with Crippen LogP contribution < -0.4 is 5.32 Å². The molecule has 0 spiro atoms. The smallest absolute Gasteiger partial charge is 0.126 e. The Kier molecular flexibility index (Phi) is 2.24. The van der Waals surface area contributed by atoms with Crippen LogP contribution in [0.2, 0.25) is 0 Å². The van der Waals surface area contributed by atoms with Crippen molar-refractivity contribution in [3.05, 3.63) is 23.9 Å². The van der Waals surface area contributed by atoms with Crippen LogP contribution in [0.25, 0.3) is 0 Å². The second-order valence-corrected chi connectivity index (χ2v) is 6.99. The van der Waals surface area contributed by atoms with Crippen LogP contribution in [-0.2, 0) is 0 Å². The minimum absolute atomic E-state index is 0.384. The summed E-state index contributed by atoms with van der Waals surface area (Å²) in [6.45, 7) is 2.07. The van der Waals surface area contributed by atoms with Crippen molar-refractivity contribution in [2.45, 2.75) is 51.0 Å². The number of hydrogen-bond donors (Lipinski definition) is 1. The van der Waals surface area contributed by atoms with Gasteiger partial charge in [0.1, 0.15) is 5.82 Å². The SMILES string of the molecule is Cc1cccc(NC23CC4CC(CC(C4)C2)C3)n1. The van der Waals surface area contributed by atoms with Gasteiger partial charge >= 0.3 is 0 Å². The van der Waals surface area contributed by atoms with E-state index < -0.39 is 0 Å². The largest absolute Gasteiger partial charge is 0.365 e. The molecule has 1 N–H and O–H groups in total. The molecular formula is C16H22N2. The Morgan fingerprint density at radius 1 is 1.06 bits per heavy atom. The molecule has 0 atom stereocenters. The summed E-state index contributed by atoms with van der Waals surface area (Å²) in [6.07, 6.45) is 8.66. The number of aromatic nitrogens is 1. The first-order chi connectivity index (χ1) is 8.71. The molecule has 0 amide bonds. The van der Waals surface area contributed by atoms with Crippen LogP contribution in [0.1, 0.15) is 44.2 Å². The number of nitrogens with one attached hydrogen (secondary N) is 1. The molecule has 4 saturated carbocycles. The van der Waals surface area contributed by atoms with Crippen molar-refractivity contribution in [2.24, 2.45) is 17.8 Å². The number of pyridine rings is 1. The molecule has 0 aliphatic heterocycles. The van der Waals surface area contributed by atoms with Crippen molar-refractivity contribution in [3.8, 4) is 0 Å². The van der Waals surface area contributed by atoms with Crippen molar-refractivity contribution >= 4 is 5.82 Å². The Morgan fingerprint density at radius 3 is 2.22 bits per heavy atom. The maximum atomic E-state index is 4.64. The lowest BCUT2D eigenvalue weighted by atomic mass is 9.53. The summed E-state index contributed by atoms with van der Waals surface area (Å²) >= 11 is 0. The molecule has 96 valence electrons. The van der Waals surface area contributed by atoms with Crippen LogP contribution in [0.4, 0.5) is 5.82 Å². The van der Waals surface area contributed by atoms with Crippen molar-refractivity contribution < 1.29 is 0 Å². The van der Waals surface area contributed by atoms with Crippen molar-refractivity contribution in [2.75, 3.05) is 5.32 Å². The third-order valence-electron chi connectivity index (χ3n) is 5.32. The highest BCUT2D eigenvalue weighted by atomic mass is 15.1. The highest BCUT2D eigenvalue weighted by molar-refractivity contribution is 5.39. The second kappa shape index (κ2) is 3.72. The fraction of sp³-hybridized carbons (Fsp3) is 0.688. The van der Waals surface area contributed by atoms with Gasteiger partial charge in [0.25, 0.3) is 0 Å². The quantitative estimate of drug-likeness (QED) is 0.854. The summed E-state index contributed by atoms with van der Waals surface area (Å²) in [5.74, 6) is 4.08. The predicted molar refractivity (Wildman–Crippen MR) is 73.5 cm³/mol. The molecule has 18 heavy (non-hydrogen) atoms. The van der Waals surface area contributed by atoms with E-state index in [-0.39, 0.29) is 0 Å².